The van der Waals surface area contributed by atoms with Crippen molar-refractivity contribution >= 4 is 34.2 Å². The molecule has 2 aromatic rings. The Hall–Kier alpha value is -2.61. The molecule has 1 N–H and O–H groups in total. The summed E-state index contributed by atoms with van der Waals surface area (Å²) in [6, 6.07) is 9.93. The average Bonchev–Trinajstić information content (AvgIpc) is 3.24. The third kappa shape index (κ3) is 3.96. The molecule has 2 aliphatic rings. The van der Waals surface area contributed by atoms with Crippen LogP contribution in [0.1, 0.15) is 42.7 Å². The topological polar surface area (TPSA) is 92.3 Å². The van der Waals surface area contributed by atoms with Crippen LogP contribution >= 0.6 is 11.3 Å². The minimum atomic E-state index is -0.266. The quantitative estimate of drug-likeness (QED) is 0.755. The first-order valence-electron chi connectivity index (χ1n) is 9.63. The number of rotatable bonds is 6. The molecule has 146 valence electrons. The van der Waals surface area contributed by atoms with Gasteiger partial charge in [0.1, 0.15) is 5.01 Å². The number of nitrogens with zero attached hydrogens (tertiary/aromatic N) is 3. The van der Waals surface area contributed by atoms with Gasteiger partial charge in [0.15, 0.2) is 0 Å². The van der Waals surface area contributed by atoms with Crippen molar-refractivity contribution < 1.29 is 14.4 Å². The highest BCUT2D eigenvalue weighted by atomic mass is 32.1. The molecule has 1 saturated carbocycles. The first-order chi connectivity index (χ1) is 13.6. The van der Waals surface area contributed by atoms with Gasteiger partial charge >= 0.3 is 0 Å². The minimum Gasteiger partial charge on any atom is -0.300 e. The summed E-state index contributed by atoms with van der Waals surface area (Å²) in [5.41, 5.74) is 1.13. The highest BCUT2D eigenvalue weighted by Crippen LogP contribution is 2.38. The summed E-state index contributed by atoms with van der Waals surface area (Å²) in [5.74, 6) is -0.828. The molecule has 7 nitrogen and oxygen atoms in total. The van der Waals surface area contributed by atoms with Crippen molar-refractivity contribution in [1.82, 2.24) is 15.1 Å². The van der Waals surface area contributed by atoms with Crippen LogP contribution in [-0.4, -0.2) is 39.4 Å². The Balaban J connectivity index is 1.29. The molecule has 4 rings (SSSR count). The molecule has 2 heterocycles. The van der Waals surface area contributed by atoms with Gasteiger partial charge in [-0.15, -0.1) is 10.2 Å². The molecule has 0 unspecified atom stereocenters. The number of anilines is 1. The number of carbonyl (C=O) groups excluding carboxylic acids is 3. The van der Waals surface area contributed by atoms with Crippen LogP contribution in [0.4, 0.5) is 5.13 Å². The molecule has 3 amide bonds. The number of hydrogen-bond acceptors (Lipinski definition) is 6. The largest absolute Gasteiger partial charge is 0.300 e. The zero-order valence-electron chi connectivity index (χ0n) is 15.5. The van der Waals surface area contributed by atoms with E-state index in [9.17, 15) is 14.4 Å². The van der Waals surface area contributed by atoms with Gasteiger partial charge in [0, 0.05) is 19.4 Å². The van der Waals surface area contributed by atoms with Crippen LogP contribution in [0.15, 0.2) is 30.3 Å². The second kappa shape index (κ2) is 8.18. The fourth-order valence-corrected chi connectivity index (χ4v) is 4.78. The lowest BCUT2D eigenvalue weighted by molar-refractivity contribution is -0.140. The van der Waals surface area contributed by atoms with E-state index in [4.69, 9.17) is 0 Å². The molecular formula is C20H22N4O3S. The number of carbonyl (C=O) groups is 3. The zero-order chi connectivity index (χ0) is 19.5. The molecule has 1 aromatic heterocycles. The van der Waals surface area contributed by atoms with Gasteiger partial charge in [-0.2, -0.15) is 0 Å². The highest BCUT2D eigenvalue weighted by molar-refractivity contribution is 7.15. The number of amides is 3. The Morgan fingerprint density at radius 2 is 1.75 bits per heavy atom. The molecule has 2 atom stereocenters. The number of benzene rings is 1. The monoisotopic (exact) mass is 398 g/mol. The van der Waals surface area contributed by atoms with Gasteiger partial charge < -0.3 is 5.32 Å². The van der Waals surface area contributed by atoms with Crippen LogP contribution in [-0.2, 0) is 20.8 Å². The second-order valence-electron chi connectivity index (χ2n) is 7.29. The summed E-state index contributed by atoms with van der Waals surface area (Å²) in [4.78, 5) is 38.4. The third-order valence-corrected chi connectivity index (χ3v) is 6.24. The van der Waals surface area contributed by atoms with Crippen LogP contribution in [0, 0.1) is 11.8 Å². The van der Waals surface area contributed by atoms with Gasteiger partial charge in [-0.25, -0.2) is 0 Å². The first kappa shape index (κ1) is 18.7. The Morgan fingerprint density at radius 1 is 1.07 bits per heavy atom. The van der Waals surface area contributed by atoms with Crippen LogP contribution < -0.4 is 5.32 Å². The van der Waals surface area contributed by atoms with Gasteiger partial charge in [0.25, 0.3) is 0 Å². The number of likely N-dealkylation sites (tertiary alicyclic amines) is 1. The number of aromatic nitrogens is 2. The molecule has 2 fully saturated rings. The Labute approximate surface area is 167 Å². The molecule has 28 heavy (non-hydrogen) atoms. The van der Waals surface area contributed by atoms with Crippen LogP contribution in [0.25, 0.3) is 0 Å². The first-order valence-corrected chi connectivity index (χ1v) is 10.4. The fourth-order valence-electron chi connectivity index (χ4n) is 3.99. The van der Waals surface area contributed by atoms with Crippen molar-refractivity contribution in [3.63, 3.8) is 0 Å². The van der Waals surface area contributed by atoms with Crippen LogP contribution in [0.3, 0.4) is 0 Å². The van der Waals surface area contributed by atoms with E-state index in [-0.39, 0.29) is 42.5 Å². The maximum absolute atomic E-state index is 12.5. The van der Waals surface area contributed by atoms with E-state index < -0.39 is 0 Å². The van der Waals surface area contributed by atoms with Gasteiger partial charge in [-0.1, -0.05) is 54.5 Å². The summed E-state index contributed by atoms with van der Waals surface area (Å²) in [6.07, 6.45) is 4.30. The molecule has 8 heteroatoms. The van der Waals surface area contributed by atoms with Crippen LogP contribution in [0.2, 0.25) is 0 Å². The van der Waals surface area contributed by atoms with E-state index in [0.717, 1.165) is 36.3 Å². The van der Waals surface area contributed by atoms with Gasteiger partial charge in [-0.05, 0) is 18.4 Å². The highest BCUT2D eigenvalue weighted by Gasteiger charge is 2.47. The lowest BCUT2D eigenvalue weighted by Crippen LogP contribution is -2.34. The molecule has 0 spiro atoms. The fraction of sp³-hybridized carbons (Fsp3) is 0.450. The van der Waals surface area contributed by atoms with Crippen molar-refractivity contribution in [2.75, 3.05) is 11.9 Å². The average molecular weight is 398 g/mol. The smallest absolute Gasteiger partial charge is 0.233 e. The summed E-state index contributed by atoms with van der Waals surface area (Å²) in [6.45, 7) is 0.131. The van der Waals surface area contributed by atoms with Crippen molar-refractivity contribution in [1.29, 1.82) is 0 Å². The maximum Gasteiger partial charge on any atom is 0.233 e. The van der Waals surface area contributed by atoms with E-state index in [2.05, 4.69) is 15.5 Å². The van der Waals surface area contributed by atoms with Gasteiger partial charge in [0.2, 0.25) is 22.9 Å². The lowest BCUT2D eigenvalue weighted by Gasteiger charge is -2.19. The number of hydrogen-bond donors (Lipinski definition) is 1. The Kier molecular flexibility index (Phi) is 5.47. The Morgan fingerprint density at radius 3 is 2.43 bits per heavy atom. The van der Waals surface area contributed by atoms with Crippen molar-refractivity contribution in [2.24, 2.45) is 11.8 Å². The number of imide groups is 1. The molecule has 1 aliphatic carbocycles. The predicted molar refractivity (Wildman–Crippen MR) is 105 cm³/mol. The van der Waals surface area contributed by atoms with E-state index >= 15 is 0 Å². The molecule has 0 bridgehead atoms. The van der Waals surface area contributed by atoms with E-state index in [0.29, 0.717) is 11.6 Å². The van der Waals surface area contributed by atoms with Crippen molar-refractivity contribution in [3.8, 4) is 0 Å². The molecule has 1 aromatic carbocycles. The van der Waals surface area contributed by atoms with Crippen molar-refractivity contribution in [2.45, 2.75) is 38.5 Å². The van der Waals surface area contributed by atoms with Gasteiger partial charge in [-0.3, -0.25) is 19.3 Å². The normalized spacial score (nSPS) is 21.6. The van der Waals surface area contributed by atoms with Crippen molar-refractivity contribution in [3.05, 3.63) is 40.9 Å². The molecular weight excluding hydrogens is 376 g/mol. The SMILES string of the molecule is O=C(CCN1C(=O)[C@H]2CCCC[C@@H]2C1=O)Nc1nnc(Cc2ccccc2)s1. The number of fused-ring (bicyclic) bond motifs is 1. The second-order valence-corrected chi connectivity index (χ2v) is 8.35. The molecule has 1 saturated heterocycles. The van der Waals surface area contributed by atoms with E-state index in [1.807, 2.05) is 30.3 Å². The summed E-state index contributed by atoms with van der Waals surface area (Å²) in [7, 11) is 0. The predicted octanol–water partition coefficient (Wildman–Crippen LogP) is 2.63. The maximum atomic E-state index is 12.5. The minimum absolute atomic E-state index is 0.0739. The van der Waals surface area contributed by atoms with Gasteiger partial charge in [0.05, 0.1) is 11.8 Å². The summed E-state index contributed by atoms with van der Waals surface area (Å²) >= 11 is 1.33. The standard InChI is InChI=1S/C20H22N4O3S/c25-16(10-11-24-18(26)14-8-4-5-9-15(14)19(24)27)21-20-23-22-17(28-20)12-13-6-2-1-3-7-13/h1-3,6-7,14-15H,4-5,8-12H2,(H,21,23,25)/t14-,15-/m0/s1. The van der Waals surface area contributed by atoms with E-state index in [1.54, 1.807) is 0 Å². The summed E-state index contributed by atoms with van der Waals surface area (Å²) < 4.78 is 0. The molecule has 1 aliphatic heterocycles. The van der Waals surface area contributed by atoms with E-state index in [1.165, 1.54) is 16.2 Å². The van der Waals surface area contributed by atoms with Crippen LogP contribution in [0.5, 0.6) is 0 Å². The zero-order valence-corrected chi connectivity index (χ0v) is 16.3. The molecule has 0 radical (unpaired) electrons. The third-order valence-electron chi connectivity index (χ3n) is 5.41. The number of nitrogens with one attached hydrogen (secondary N) is 1. The summed E-state index contributed by atoms with van der Waals surface area (Å²) in [5, 5.41) is 12.1. The lowest BCUT2D eigenvalue weighted by atomic mass is 9.81. The Bertz CT molecular complexity index is 859.